The van der Waals surface area contributed by atoms with E-state index in [9.17, 15) is 9.90 Å². The summed E-state index contributed by atoms with van der Waals surface area (Å²) in [5.74, 6) is -0.0974. The molecule has 6 heteroatoms. The normalized spacial score (nSPS) is 10.2. The number of amides is 1. The van der Waals surface area contributed by atoms with Gasteiger partial charge in [0.25, 0.3) is 0 Å². The van der Waals surface area contributed by atoms with Crippen LogP contribution >= 0.6 is 27.5 Å². The topological polar surface area (TPSA) is 62.2 Å². The molecule has 0 saturated carbocycles. The van der Waals surface area contributed by atoms with Crippen LogP contribution in [0.5, 0.6) is 5.75 Å². The molecule has 0 unspecified atom stereocenters. The fraction of sp³-hybridized carbons (Fsp3) is 0.0769. The van der Waals surface area contributed by atoms with Crippen LogP contribution in [0.3, 0.4) is 0 Å². The van der Waals surface area contributed by atoms with Gasteiger partial charge in [0, 0.05) is 10.7 Å². The molecule has 2 aromatic rings. The van der Waals surface area contributed by atoms with E-state index in [2.05, 4.69) is 26.2 Å². The highest BCUT2D eigenvalue weighted by atomic mass is 79.9. The van der Waals surface area contributed by atoms with E-state index >= 15 is 0 Å². The number of carbonyl (C=O) groups is 1. The fourth-order valence-electron chi connectivity index (χ4n) is 1.56. The molecule has 0 saturated heterocycles. The Kier molecular flexibility index (Phi) is 4.39. The minimum atomic E-state index is -0.229. The van der Waals surface area contributed by atoms with Crippen molar-refractivity contribution in [1.82, 2.24) is 4.98 Å². The van der Waals surface area contributed by atoms with Crippen LogP contribution in [0.15, 0.2) is 41.0 Å². The summed E-state index contributed by atoms with van der Waals surface area (Å²) in [4.78, 5) is 15.8. The molecule has 0 fully saturated rings. The number of phenols is 1. The van der Waals surface area contributed by atoms with Gasteiger partial charge in [0.1, 0.15) is 5.75 Å². The highest BCUT2D eigenvalue weighted by Crippen LogP contribution is 2.23. The van der Waals surface area contributed by atoms with Gasteiger partial charge in [-0.15, -0.1) is 0 Å². The quantitative estimate of drug-likeness (QED) is 0.841. The molecule has 0 aliphatic heterocycles. The second kappa shape index (κ2) is 6.04. The minimum Gasteiger partial charge on any atom is -0.508 e. The van der Waals surface area contributed by atoms with Crippen LogP contribution in [0.2, 0.25) is 5.15 Å². The molecule has 0 aliphatic rings. The predicted octanol–water partition coefficient (Wildman–Crippen LogP) is 3.38. The number of carbonyl (C=O) groups excluding carboxylic acids is 1. The maximum atomic E-state index is 11.9. The summed E-state index contributed by atoms with van der Waals surface area (Å²) in [5.41, 5.74) is 1.16. The molecular formula is C13H10BrClN2O2. The van der Waals surface area contributed by atoms with Crippen molar-refractivity contribution in [2.45, 2.75) is 6.42 Å². The third-order valence-electron chi connectivity index (χ3n) is 2.36. The summed E-state index contributed by atoms with van der Waals surface area (Å²) in [6.45, 7) is 0. The lowest BCUT2D eigenvalue weighted by Crippen LogP contribution is -2.14. The van der Waals surface area contributed by atoms with Gasteiger partial charge in [-0.25, -0.2) is 4.98 Å². The van der Waals surface area contributed by atoms with Gasteiger partial charge >= 0.3 is 0 Å². The Morgan fingerprint density at radius 2 is 2.21 bits per heavy atom. The number of halogens is 2. The van der Waals surface area contributed by atoms with Crippen molar-refractivity contribution in [2.24, 2.45) is 0 Å². The van der Waals surface area contributed by atoms with E-state index in [-0.39, 0.29) is 23.2 Å². The van der Waals surface area contributed by atoms with Crippen LogP contribution in [0.4, 0.5) is 5.69 Å². The first-order valence-corrected chi connectivity index (χ1v) is 6.60. The molecule has 2 rings (SSSR count). The largest absolute Gasteiger partial charge is 0.508 e. The Balaban J connectivity index is 2.07. The van der Waals surface area contributed by atoms with Crippen molar-refractivity contribution < 1.29 is 9.90 Å². The summed E-state index contributed by atoms with van der Waals surface area (Å²) < 4.78 is 0.726. The van der Waals surface area contributed by atoms with E-state index in [1.54, 1.807) is 36.5 Å². The van der Waals surface area contributed by atoms with Gasteiger partial charge in [-0.1, -0.05) is 23.7 Å². The first-order chi connectivity index (χ1) is 9.04. The SMILES string of the molecule is O=C(Cc1cccc(O)c1)Nc1cc(Br)cnc1Cl. The van der Waals surface area contributed by atoms with Gasteiger partial charge in [0.05, 0.1) is 12.1 Å². The molecule has 0 bridgehead atoms. The second-order valence-electron chi connectivity index (χ2n) is 3.89. The summed E-state index contributed by atoms with van der Waals surface area (Å²) in [7, 11) is 0. The molecule has 98 valence electrons. The van der Waals surface area contributed by atoms with Gasteiger partial charge in [0.2, 0.25) is 5.91 Å². The molecule has 0 aliphatic carbocycles. The molecule has 4 nitrogen and oxygen atoms in total. The predicted molar refractivity (Wildman–Crippen MR) is 77.4 cm³/mol. The van der Waals surface area contributed by atoms with Crippen molar-refractivity contribution >= 4 is 39.1 Å². The maximum Gasteiger partial charge on any atom is 0.228 e. The number of hydrogen-bond donors (Lipinski definition) is 2. The number of nitrogens with one attached hydrogen (secondary N) is 1. The Labute approximate surface area is 123 Å². The molecule has 0 atom stereocenters. The number of hydrogen-bond acceptors (Lipinski definition) is 3. The van der Waals surface area contributed by atoms with Gasteiger partial charge in [0.15, 0.2) is 5.15 Å². The van der Waals surface area contributed by atoms with Crippen molar-refractivity contribution in [2.75, 3.05) is 5.32 Å². The Morgan fingerprint density at radius 3 is 2.95 bits per heavy atom. The molecule has 0 spiro atoms. The Morgan fingerprint density at radius 1 is 1.42 bits per heavy atom. The molecule has 1 heterocycles. The van der Waals surface area contributed by atoms with Crippen LogP contribution in [0.25, 0.3) is 0 Å². The third kappa shape index (κ3) is 3.94. The van der Waals surface area contributed by atoms with Gasteiger partial charge in [-0.2, -0.15) is 0 Å². The van der Waals surface area contributed by atoms with E-state index < -0.39 is 0 Å². The van der Waals surface area contributed by atoms with Crippen molar-refractivity contribution in [3.05, 3.63) is 51.7 Å². The highest BCUT2D eigenvalue weighted by molar-refractivity contribution is 9.10. The lowest BCUT2D eigenvalue weighted by Gasteiger charge is -2.07. The van der Waals surface area contributed by atoms with Gasteiger partial charge < -0.3 is 10.4 Å². The van der Waals surface area contributed by atoms with Crippen LogP contribution in [-0.4, -0.2) is 16.0 Å². The number of nitrogens with zero attached hydrogens (tertiary/aromatic N) is 1. The van der Waals surface area contributed by atoms with E-state index in [4.69, 9.17) is 11.6 Å². The summed E-state index contributed by atoms with van der Waals surface area (Å²) >= 11 is 9.14. The smallest absolute Gasteiger partial charge is 0.228 e. The number of benzene rings is 1. The fourth-order valence-corrected chi connectivity index (χ4v) is 2.04. The monoisotopic (exact) mass is 340 g/mol. The van der Waals surface area contributed by atoms with Crippen molar-refractivity contribution in [3.63, 3.8) is 0 Å². The Bertz CT molecular complexity index is 619. The molecule has 0 radical (unpaired) electrons. The molecular weight excluding hydrogens is 332 g/mol. The number of aromatic hydroxyl groups is 1. The van der Waals surface area contributed by atoms with Crippen LogP contribution < -0.4 is 5.32 Å². The Hall–Kier alpha value is -1.59. The lowest BCUT2D eigenvalue weighted by molar-refractivity contribution is -0.115. The summed E-state index contributed by atoms with van der Waals surface area (Å²) in [6.07, 6.45) is 1.70. The third-order valence-corrected chi connectivity index (χ3v) is 3.09. The average Bonchev–Trinajstić information content (AvgIpc) is 2.34. The number of aromatic nitrogens is 1. The van der Waals surface area contributed by atoms with Gasteiger partial charge in [-0.3, -0.25) is 4.79 Å². The lowest BCUT2D eigenvalue weighted by atomic mass is 10.1. The zero-order valence-electron chi connectivity index (χ0n) is 9.73. The first-order valence-electron chi connectivity index (χ1n) is 5.43. The van der Waals surface area contributed by atoms with Crippen LogP contribution in [0.1, 0.15) is 5.56 Å². The molecule has 19 heavy (non-hydrogen) atoms. The molecule has 2 N–H and O–H groups in total. The number of phenolic OH excluding ortho intramolecular Hbond substituents is 1. The summed E-state index contributed by atoms with van der Waals surface area (Å²) in [5, 5.41) is 12.2. The second-order valence-corrected chi connectivity index (χ2v) is 5.16. The van der Waals surface area contributed by atoms with Gasteiger partial charge in [-0.05, 0) is 39.7 Å². The van der Waals surface area contributed by atoms with E-state index in [0.717, 1.165) is 10.0 Å². The number of pyridine rings is 1. The zero-order valence-corrected chi connectivity index (χ0v) is 12.1. The van der Waals surface area contributed by atoms with E-state index in [1.165, 1.54) is 0 Å². The zero-order chi connectivity index (χ0) is 13.8. The van der Waals surface area contributed by atoms with Crippen molar-refractivity contribution in [3.8, 4) is 5.75 Å². The number of anilines is 1. The standard InChI is InChI=1S/C13H10BrClN2O2/c14-9-6-11(13(15)16-7-9)17-12(19)5-8-2-1-3-10(18)4-8/h1-4,6-7,18H,5H2,(H,17,19). The molecule has 1 aromatic heterocycles. The van der Waals surface area contributed by atoms with Crippen LogP contribution in [-0.2, 0) is 11.2 Å². The number of rotatable bonds is 3. The molecule has 1 aromatic carbocycles. The van der Waals surface area contributed by atoms with E-state index in [1.807, 2.05) is 0 Å². The molecule has 1 amide bonds. The highest BCUT2D eigenvalue weighted by Gasteiger charge is 2.08. The van der Waals surface area contributed by atoms with Crippen LogP contribution in [0, 0.1) is 0 Å². The van der Waals surface area contributed by atoms with Crippen molar-refractivity contribution in [1.29, 1.82) is 0 Å². The summed E-state index contributed by atoms with van der Waals surface area (Å²) in [6, 6.07) is 8.22. The average molecular weight is 342 g/mol. The first kappa shape index (κ1) is 13.8. The minimum absolute atomic E-state index is 0.132. The maximum absolute atomic E-state index is 11.9. The van der Waals surface area contributed by atoms with E-state index in [0.29, 0.717) is 5.69 Å².